The maximum absolute atomic E-state index is 12.9. The van der Waals surface area contributed by atoms with Crippen molar-refractivity contribution in [2.45, 2.75) is 58.6 Å². The number of ether oxygens (including phenoxy) is 2. The Balaban J connectivity index is 1.20. The monoisotopic (exact) mass is 521 g/mol. The topological polar surface area (TPSA) is 114 Å². The number of nitrogens with zero attached hydrogens (tertiary/aromatic N) is 6. The van der Waals surface area contributed by atoms with Gasteiger partial charge in [-0.15, -0.1) is 0 Å². The zero-order valence-electron chi connectivity index (χ0n) is 22.6. The number of carbonyl (C=O) groups is 2. The van der Waals surface area contributed by atoms with E-state index in [1.165, 1.54) is 6.20 Å². The van der Waals surface area contributed by atoms with E-state index in [0.29, 0.717) is 29.7 Å². The van der Waals surface area contributed by atoms with E-state index in [9.17, 15) is 9.59 Å². The van der Waals surface area contributed by atoms with E-state index in [2.05, 4.69) is 25.3 Å². The van der Waals surface area contributed by atoms with Crippen molar-refractivity contribution in [1.82, 2.24) is 24.5 Å². The fourth-order valence-corrected chi connectivity index (χ4v) is 4.74. The second-order valence-corrected chi connectivity index (χ2v) is 11.1. The predicted molar refractivity (Wildman–Crippen MR) is 143 cm³/mol. The first-order valence-electron chi connectivity index (χ1n) is 13.0. The van der Waals surface area contributed by atoms with Crippen molar-refractivity contribution in [2.24, 2.45) is 5.92 Å². The third-order valence-electron chi connectivity index (χ3n) is 6.70. The predicted octanol–water partition coefficient (Wildman–Crippen LogP) is 3.92. The third-order valence-corrected chi connectivity index (χ3v) is 6.70. The van der Waals surface area contributed by atoms with Crippen LogP contribution in [-0.2, 0) is 4.74 Å². The number of aromatic nitrogens is 4. The van der Waals surface area contributed by atoms with Crippen LogP contribution < -0.4 is 15.0 Å². The molecule has 1 N–H and O–H groups in total. The molecule has 0 radical (unpaired) electrons. The van der Waals surface area contributed by atoms with Gasteiger partial charge in [-0.05, 0) is 65.0 Å². The van der Waals surface area contributed by atoms with Crippen LogP contribution in [-0.4, -0.2) is 74.9 Å². The summed E-state index contributed by atoms with van der Waals surface area (Å²) >= 11 is 0. The number of amides is 2. The minimum absolute atomic E-state index is 0.209. The van der Waals surface area contributed by atoms with Crippen molar-refractivity contribution in [3.63, 3.8) is 0 Å². The number of aryl methyl sites for hydroxylation is 1. The molecule has 1 aliphatic heterocycles. The quantitative estimate of drug-likeness (QED) is 0.498. The molecule has 5 rings (SSSR count). The minimum Gasteiger partial charge on any atom is -0.493 e. The molecule has 3 aromatic heterocycles. The molecule has 11 nitrogen and oxygen atoms in total. The van der Waals surface area contributed by atoms with Gasteiger partial charge in [0.05, 0.1) is 42.6 Å². The maximum Gasteiger partial charge on any atom is 0.410 e. The van der Waals surface area contributed by atoms with Gasteiger partial charge in [0, 0.05) is 25.7 Å². The van der Waals surface area contributed by atoms with Crippen molar-refractivity contribution in [3.8, 4) is 5.75 Å². The molecule has 1 aliphatic carbocycles. The molecule has 38 heavy (non-hydrogen) atoms. The minimum atomic E-state index is -0.508. The Morgan fingerprint density at radius 3 is 2.61 bits per heavy atom. The summed E-state index contributed by atoms with van der Waals surface area (Å²) in [5.74, 6) is 1.16. The van der Waals surface area contributed by atoms with Crippen molar-refractivity contribution < 1.29 is 19.1 Å². The van der Waals surface area contributed by atoms with Gasteiger partial charge < -0.3 is 24.6 Å². The molecule has 202 valence electrons. The zero-order chi connectivity index (χ0) is 27.0. The van der Waals surface area contributed by atoms with Crippen LogP contribution in [0.5, 0.6) is 5.75 Å². The molecule has 2 amide bonds. The standard InChI is InChI=1S/C27H35N7O4/c1-17-10-20-11-21(23(37-5)16-34(20)31-17)30-25(35)22-12-29-24(13-28-22)32-9-8-18(14-32)15-33(19-6-7-19)26(36)38-27(2,3)4/h10-13,16,18-19H,6-9,14-15H2,1-5H3,(H,30,35)/t18-/m0/s1. The Hall–Kier alpha value is -3.89. The van der Waals surface area contributed by atoms with Gasteiger partial charge in [0.15, 0.2) is 5.75 Å². The number of pyridine rings is 1. The molecular formula is C27H35N7O4. The van der Waals surface area contributed by atoms with Gasteiger partial charge in [0.25, 0.3) is 5.91 Å². The number of hydrogen-bond donors (Lipinski definition) is 1. The summed E-state index contributed by atoms with van der Waals surface area (Å²) in [6.45, 7) is 9.85. The summed E-state index contributed by atoms with van der Waals surface area (Å²) in [6, 6.07) is 4.02. The zero-order valence-corrected chi connectivity index (χ0v) is 22.6. The number of rotatable bonds is 7. The van der Waals surface area contributed by atoms with E-state index in [1.54, 1.807) is 24.0 Å². The lowest BCUT2D eigenvalue weighted by atomic mass is 10.1. The molecule has 2 aliphatic rings. The van der Waals surface area contributed by atoms with Gasteiger partial charge in [-0.2, -0.15) is 5.10 Å². The molecule has 0 bridgehead atoms. The largest absolute Gasteiger partial charge is 0.493 e. The lowest BCUT2D eigenvalue weighted by Gasteiger charge is -2.29. The van der Waals surface area contributed by atoms with Gasteiger partial charge in [-0.3, -0.25) is 4.79 Å². The first-order valence-corrected chi connectivity index (χ1v) is 13.0. The average molecular weight is 522 g/mol. The van der Waals surface area contributed by atoms with Crippen LogP contribution in [0, 0.1) is 12.8 Å². The molecule has 2 fully saturated rings. The molecule has 0 aromatic carbocycles. The molecule has 11 heteroatoms. The van der Waals surface area contributed by atoms with E-state index >= 15 is 0 Å². The van der Waals surface area contributed by atoms with E-state index in [4.69, 9.17) is 9.47 Å². The van der Waals surface area contributed by atoms with Crippen LogP contribution in [0.1, 0.15) is 56.2 Å². The molecule has 1 atom stereocenters. The first kappa shape index (κ1) is 25.7. The highest BCUT2D eigenvalue weighted by atomic mass is 16.6. The fourth-order valence-electron chi connectivity index (χ4n) is 4.74. The van der Waals surface area contributed by atoms with Gasteiger partial charge in [-0.1, -0.05) is 0 Å². The van der Waals surface area contributed by atoms with Crippen LogP contribution in [0.15, 0.2) is 30.7 Å². The maximum atomic E-state index is 12.9. The Morgan fingerprint density at radius 1 is 1.16 bits per heavy atom. The molecular weight excluding hydrogens is 486 g/mol. The van der Waals surface area contributed by atoms with E-state index in [0.717, 1.165) is 43.6 Å². The molecule has 1 saturated heterocycles. The summed E-state index contributed by atoms with van der Waals surface area (Å²) in [4.78, 5) is 38.6. The molecule has 4 heterocycles. The second-order valence-electron chi connectivity index (χ2n) is 11.1. The van der Waals surface area contributed by atoms with Crippen LogP contribution in [0.2, 0.25) is 0 Å². The highest BCUT2D eigenvalue weighted by Gasteiger charge is 2.38. The number of fused-ring (bicyclic) bond motifs is 1. The van der Waals surface area contributed by atoms with Crippen molar-refractivity contribution in [1.29, 1.82) is 0 Å². The SMILES string of the molecule is COc1cn2nc(C)cc2cc1NC(=O)c1cnc(N2CC[C@H](CN(C(=O)OC(C)(C)C)C3CC3)C2)cn1. The number of anilines is 2. The van der Waals surface area contributed by atoms with Crippen LogP contribution in [0.4, 0.5) is 16.3 Å². The van der Waals surface area contributed by atoms with Crippen LogP contribution >= 0.6 is 0 Å². The van der Waals surface area contributed by atoms with Gasteiger partial charge >= 0.3 is 6.09 Å². The molecule has 1 saturated carbocycles. The Bertz CT molecular complexity index is 1330. The number of carbonyl (C=O) groups excluding carboxylic acids is 2. The van der Waals surface area contributed by atoms with Gasteiger partial charge in [-0.25, -0.2) is 19.3 Å². The number of methoxy groups -OCH3 is 1. The smallest absolute Gasteiger partial charge is 0.410 e. The first-order chi connectivity index (χ1) is 18.1. The van der Waals surface area contributed by atoms with Gasteiger partial charge in [0.1, 0.15) is 17.1 Å². The average Bonchev–Trinajstić information content (AvgIpc) is 3.47. The number of hydrogen-bond acceptors (Lipinski definition) is 8. The molecule has 3 aromatic rings. The summed E-state index contributed by atoms with van der Waals surface area (Å²) in [5, 5.41) is 7.24. The lowest BCUT2D eigenvalue weighted by molar-refractivity contribution is 0.0208. The highest BCUT2D eigenvalue weighted by molar-refractivity contribution is 6.03. The Kier molecular flexibility index (Phi) is 6.85. The Morgan fingerprint density at radius 2 is 1.95 bits per heavy atom. The molecule has 0 unspecified atom stereocenters. The normalized spacial score (nSPS) is 17.5. The lowest BCUT2D eigenvalue weighted by Crippen LogP contribution is -2.41. The molecule has 0 spiro atoms. The van der Waals surface area contributed by atoms with E-state index in [1.807, 2.05) is 44.7 Å². The summed E-state index contributed by atoms with van der Waals surface area (Å²) in [7, 11) is 1.54. The second kappa shape index (κ2) is 10.1. The summed E-state index contributed by atoms with van der Waals surface area (Å²) in [6.07, 6.45) is 7.63. The fraction of sp³-hybridized carbons (Fsp3) is 0.519. The number of nitrogens with one attached hydrogen (secondary N) is 1. The van der Waals surface area contributed by atoms with E-state index < -0.39 is 5.60 Å². The van der Waals surface area contributed by atoms with Crippen molar-refractivity contribution in [2.75, 3.05) is 37.0 Å². The highest BCUT2D eigenvalue weighted by Crippen LogP contribution is 2.32. The Labute approximate surface area is 222 Å². The van der Waals surface area contributed by atoms with Crippen molar-refractivity contribution in [3.05, 3.63) is 42.1 Å². The van der Waals surface area contributed by atoms with Crippen molar-refractivity contribution >= 4 is 29.0 Å². The van der Waals surface area contributed by atoms with E-state index in [-0.39, 0.29) is 23.7 Å². The summed E-state index contributed by atoms with van der Waals surface area (Å²) < 4.78 is 12.8. The third kappa shape index (κ3) is 5.81. The van der Waals surface area contributed by atoms with Crippen LogP contribution in [0.3, 0.4) is 0 Å². The van der Waals surface area contributed by atoms with Gasteiger partial charge in [0.2, 0.25) is 0 Å². The van der Waals surface area contributed by atoms with Crippen LogP contribution in [0.25, 0.3) is 5.52 Å². The summed E-state index contributed by atoms with van der Waals surface area (Å²) in [5.41, 5.74) is 1.94.